The van der Waals surface area contributed by atoms with Gasteiger partial charge >= 0.3 is 11.7 Å². The normalized spacial score (nSPS) is 19.1. The number of piperidine rings is 3. The number of carbonyl (C=O) groups is 2. The number of aromatic amines is 1. The quantitative estimate of drug-likeness (QED) is 0.288. The average molecular weight is 777 g/mol. The van der Waals surface area contributed by atoms with Crippen LogP contribution in [0, 0.1) is 5.82 Å². The van der Waals surface area contributed by atoms with Crippen molar-refractivity contribution in [2.45, 2.75) is 69.5 Å². The number of likely N-dealkylation sites (tertiary alicyclic amines) is 3. The van der Waals surface area contributed by atoms with E-state index in [9.17, 15) is 23.9 Å². The third kappa shape index (κ3) is 7.94. The fourth-order valence-electron chi connectivity index (χ4n) is 7.17. The molecule has 13 heteroatoms. The second-order valence-corrected chi connectivity index (χ2v) is 14.6. The number of nitrogens with zero attached hydrogens (tertiary/aromatic N) is 4. The van der Waals surface area contributed by atoms with Crippen LogP contribution < -0.4 is 11.0 Å². The molecule has 3 saturated heterocycles. The van der Waals surface area contributed by atoms with E-state index in [1.54, 1.807) is 39.9 Å². The zero-order valence-corrected chi connectivity index (χ0v) is 29.4. The topological polar surface area (TPSA) is 114 Å². The molecule has 3 aliphatic rings. The van der Waals surface area contributed by atoms with E-state index in [2.05, 4.69) is 47.1 Å². The number of benzene rings is 2. The van der Waals surface area contributed by atoms with E-state index in [4.69, 9.17) is 0 Å². The molecule has 252 valence electrons. The van der Waals surface area contributed by atoms with Gasteiger partial charge in [0.1, 0.15) is 17.6 Å². The molecule has 0 saturated carbocycles. The van der Waals surface area contributed by atoms with Gasteiger partial charge in [0.05, 0.1) is 14.6 Å². The van der Waals surface area contributed by atoms with Crippen molar-refractivity contribution in [1.29, 1.82) is 0 Å². The van der Waals surface area contributed by atoms with Gasteiger partial charge in [-0.3, -0.25) is 9.36 Å². The molecule has 2 aromatic carbocycles. The van der Waals surface area contributed by atoms with Crippen LogP contribution in [-0.4, -0.2) is 92.6 Å². The van der Waals surface area contributed by atoms with Crippen LogP contribution >= 0.6 is 31.9 Å². The highest BCUT2D eigenvalue weighted by Gasteiger charge is 2.34. The first kappa shape index (κ1) is 33.7. The smallest absolute Gasteiger partial charge is 0.326 e. The van der Waals surface area contributed by atoms with Gasteiger partial charge < -0.3 is 30.1 Å². The Hall–Kier alpha value is -3.16. The Kier molecular flexibility index (Phi) is 10.7. The molecule has 0 radical (unpaired) electrons. The van der Waals surface area contributed by atoms with Gasteiger partial charge in [0.2, 0.25) is 5.91 Å². The molecule has 0 bridgehead atoms. The predicted molar refractivity (Wildman–Crippen MR) is 185 cm³/mol. The maximum atomic E-state index is 14.0. The van der Waals surface area contributed by atoms with Gasteiger partial charge in [0.15, 0.2) is 0 Å². The second kappa shape index (κ2) is 14.9. The number of aromatic nitrogens is 2. The van der Waals surface area contributed by atoms with E-state index in [0.29, 0.717) is 59.7 Å². The van der Waals surface area contributed by atoms with E-state index in [1.165, 1.54) is 31.4 Å². The van der Waals surface area contributed by atoms with Crippen LogP contribution in [-0.2, 0) is 11.2 Å². The highest BCUT2D eigenvalue weighted by Crippen LogP contribution is 2.34. The summed E-state index contributed by atoms with van der Waals surface area (Å²) in [6, 6.07) is 8.83. The molecule has 3 amide bonds. The second-order valence-electron chi connectivity index (χ2n) is 12.9. The van der Waals surface area contributed by atoms with Crippen LogP contribution in [0.3, 0.4) is 0 Å². The summed E-state index contributed by atoms with van der Waals surface area (Å²) in [5.74, 6) is -0.362. The lowest BCUT2D eigenvalue weighted by Crippen LogP contribution is -2.56. The van der Waals surface area contributed by atoms with E-state index in [-0.39, 0.29) is 41.7 Å². The lowest BCUT2D eigenvalue weighted by molar-refractivity contribution is -0.134. The lowest BCUT2D eigenvalue weighted by Gasteiger charge is -2.41. The van der Waals surface area contributed by atoms with Crippen molar-refractivity contribution in [3.05, 3.63) is 73.4 Å². The molecule has 3 N–H and O–H groups in total. The van der Waals surface area contributed by atoms with Crippen molar-refractivity contribution < 1.29 is 19.1 Å². The van der Waals surface area contributed by atoms with Crippen LogP contribution in [0.15, 0.2) is 56.3 Å². The highest BCUT2D eigenvalue weighted by molar-refractivity contribution is 9.11. The zero-order valence-electron chi connectivity index (χ0n) is 26.3. The van der Waals surface area contributed by atoms with Crippen LogP contribution in [0.25, 0.3) is 11.3 Å². The van der Waals surface area contributed by atoms with Gasteiger partial charge in [-0.1, -0.05) is 6.42 Å². The monoisotopic (exact) mass is 774 g/mol. The average Bonchev–Trinajstić information content (AvgIpc) is 3.48. The molecule has 3 aromatic rings. The number of amides is 3. The summed E-state index contributed by atoms with van der Waals surface area (Å²) >= 11 is 6.78. The number of hydrogen-bond donors (Lipinski definition) is 3. The Labute approximate surface area is 290 Å². The molecule has 0 aliphatic carbocycles. The van der Waals surface area contributed by atoms with Crippen molar-refractivity contribution >= 4 is 43.8 Å². The highest BCUT2D eigenvalue weighted by atomic mass is 79.9. The Morgan fingerprint density at radius 1 is 0.894 bits per heavy atom. The van der Waals surface area contributed by atoms with E-state index < -0.39 is 6.04 Å². The van der Waals surface area contributed by atoms with Gasteiger partial charge in [0, 0.05) is 50.9 Å². The summed E-state index contributed by atoms with van der Waals surface area (Å²) < 4.78 is 16.1. The largest absolute Gasteiger partial charge is 0.506 e. The summed E-state index contributed by atoms with van der Waals surface area (Å²) in [4.78, 5) is 49.5. The van der Waals surface area contributed by atoms with Gasteiger partial charge in [0.25, 0.3) is 0 Å². The summed E-state index contributed by atoms with van der Waals surface area (Å²) in [6.07, 6.45) is 8.81. The Bertz CT molecular complexity index is 1600. The van der Waals surface area contributed by atoms with Gasteiger partial charge in [-0.05, 0) is 131 Å². The Morgan fingerprint density at radius 2 is 1.49 bits per heavy atom. The number of halogens is 3. The number of H-pyrrole nitrogens is 1. The third-order valence-corrected chi connectivity index (χ3v) is 11.0. The fraction of sp³-hybridized carbons (Fsp3) is 0.500. The summed E-state index contributed by atoms with van der Waals surface area (Å²) in [7, 11) is 0. The Balaban J connectivity index is 1.11. The maximum absolute atomic E-state index is 14.0. The van der Waals surface area contributed by atoms with Crippen LogP contribution in [0.1, 0.15) is 56.6 Å². The number of urea groups is 1. The van der Waals surface area contributed by atoms with Crippen molar-refractivity contribution in [2.24, 2.45) is 0 Å². The first-order chi connectivity index (χ1) is 22.7. The summed E-state index contributed by atoms with van der Waals surface area (Å²) in [6.45, 7) is 4.44. The first-order valence-electron chi connectivity index (χ1n) is 16.5. The van der Waals surface area contributed by atoms with E-state index in [1.807, 2.05) is 4.90 Å². The lowest BCUT2D eigenvalue weighted by atomic mass is 9.98. The van der Waals surface area contributed by atoms with Crippen LogP contribution in [0.2, 0.25) is 0 Å². The number of hydrogen-bond acceptors (Lipinski definition) is 5. The number of nitrogens with one attached hydrogen (secondary N) is 2. The number of imidazole rings is 1. The Morgan fingerprint density at radius 3 is 2.13 bits per heavy atom. The first-order valence-corrected chi connectivity index (χ1v) is 18.1. The third-order valence-electron chi connectivity index (χ3n) is 9.84. The molecule has 3 fully saturated rings. The molecule has 6 rings (SSSR count). The van der Waals surface area contributed by atoms with E-state index in [0.717, 1.165) is 37.1 Å². The molecule has 0 spiro atoms. The van der Waals surface area contributed by atoms with E-state index >= 15 is 0 Å². The van der Waals surface area contributed by atoms with Crippen molar-refractivity contribution in [3.8, 4) is 17.0 Å². The van der Waals surface area contributed by atoms with Crippen molar-refractivity contribution in [3.63, 3.8) is 0 Å². The number of aromatic hydroxyl groups is 1. The SMILES string of the molecule is O=C(N[C@H](Cc1cc(Br)c(O)c(Br)c1)C(=O)N1CCC(N2CCCCC2)CC1)N1CCC(n2cc(-c3ccc(F)cc3)[nH]c2=O)CC1. The van der Waals surface area contributed by atoms with Crippen molar-refractivity contribution in [1.82, 2.24) is 29.6 Å². The summed E-state index contributed by atoms with van der Waals surface area (Å²) in [5.41, 5.74) is 1.89. The minimum Gasteiger partial charge on any atom is -0.506 e. The number of phenols is 1. The molecule has 1 aromatic heterocycles. The molecule has 1 atom stereocenters. The molecule has 10 nitrogen and oxygen atoms in total. The van der Waals surface area contributed by atoms with Crippen LogP contribution in [0.5, 0.6) is 5.75 Å². The predicted octanol–water partition coefficient (Wildman–Crippen LogP) is 5.65. The summed E-state index contributed by atoms with van der Waals surface area (Å²) in [5, 5.41) is 13.3. The molecule has 4 heterocycles. The molecule has 0 unspecified atom stereocenters. The molecule has 47 heavy (non-hydrogen) atoms. The minimum absolute atomic E-state index is 0.0784. The maximum Gasteiger partial charge on any atom is 0.326 e. The van der Waals surface area contributed by atoms with Gasteiger partial charge in [-0.25, -0.2) is 14.0 Å². The molecular weight excluding hydrogens is 735 g/mol. The zero-order chi connectivity index (χ0) is 33.1. The van der Waals surface area contributed by atoms with Gasteiger partial charge in [-0.2, -0.15) is 0 Å². The van der Waals surface area contributed by atoms with Gasteiger partial charge in [-0.15, -0.1) is 0 Å². The van der Waals surface area contributed by atoms with Crippen molar-refractivity contribution in [2.75, 3.05) is 39.3 Å². The molecule has 3 aliphatic heterocycles. The minimum atomic E-state index is -0.777. The molecular formula is C34H41Br2FN6O4. The number of carbonyl (C=O) groups excluding carboxylic acids is 2. The van der Waals surface area contributed by atoms with Crippen LogP contribution in [0.4, 0.5) is 9.18 Å². The fourth-order valence-corrected chi connectivity index (χ4v) is 8.45. The standard InChI is InChI=1S/C34H41Br2FN6O4/c35-27-18-22(19-28(36)31(27)44)20-29(32(45)41-14-8-25(9-15-41)40-12-2-1-3-13-40)38-33(46)42-16-10-26(11-17-42)43-21-30(39-34(43)47)23-4-6-24(37)7-5-23/h4-7,18-19,21,25-26,29,44H,1-3,8-17,20H2,(H,38,46)(H,39,47)/t29-/m1/s1. The number of rotatable bonds is 7. The number of phenolic OH excluding ortho intramolecular Hbond substituents is 1.